The summed E-state index contributed by atoms with van der Waals surface area (Å²) < 4.78 is 3.73. The molecule has 8 heteroatoms. The van der Waals surface area contributed by atoms with Gasteiger partial charge in [-0.05, 0) is 63.4 Å². The fourth-order valence-electron chi connectivity index (χ4n) is 5.45. The highest BCUT2D eigenvalue weighted by molar-refractivity contribution is 5.97. The van der Waals surface area contributed by atoms with Gasteiger partial charge in [0, 0.05) is 50.5 Å². The van der Waals surface area contributed by atoms with Crippen molar-refractivity contribution < 1.29 is 9.59 Å². The topological polar surface area (TPSA) is 75.4 Å². The SMILES string of the molecule is CC1CCCCN1CCNC(=O)C1CCN(C(=O)c2cnn(-c3ccccc3)c2-n2cccc2)CC1. The zero-order chi connectivity index (χ0) is 24.9. The monoisotopic (exact) mass is 488 g/mol. The fraction of sp³-hybridized carbons (Fsp3) is 0.464. The third-order valence-electron chi connectivity index (χ3n) is 7.62. The molecule has 1 unspecified atom stereocenters. The van der Waals surface area contributed by atoms with Crippen LogP contribution < -0.4 is 5.32 Å². The number of para-hydroxylation sites is 1. The van der Waals surface area contributed by atoms with Gasteiger partial charge in [0.05, 0.1) is 11.9 Å². The molecule has 0 saturated carbocycles. The molecule has 2 aliphatic heterocycles. The average molecular weight is 489 g/mol. The largest absolute Gasteiger partial charge is 0.355 e. The molecular weight excluding hydrogens is 452 g/mol. The summed E-state index contributed by atoms with van der Waals surface area (Å²) in [5.74, 6) is 0.766. The number of carbonyl (C=O) groups excluding carboxylic acids is 2. The number of hydrogen-bond acceptors (Lipinski definition) is 4. The van der Waals surface area contributed by atoms with Crippen molar-refractivity contribution in [2.24, 2.45) is 5.92 Å². The Labute approximate surface area is 212 Å². The Morgan fingerprint density at radius 3 is 2.44 bits per heavy atom. The first-order chi connectivity index (χ1) is 17.6. The Morgan fingerprint density at radius 2 is 1.72 bits per heavy atom. The van der Waals surface area contributed by atoms with Gasteiger partial charge >= 0.3 is 0 Å². The molecule has 5 rings (SSSR count). The summed E-state index contributed by atoms with van der Waals surface area (Å²) >= 11 is 0. The van der Waals surface area contributed by atoms with Gasteiger partial charge in [-0.1, -0.05) is 24.6 Å². The Balaban J connectivity index is 1.20. The standard InChI is InChI=1S/C28H36N6O2/c1-22-9-5-6-15-31(22)20-14-29-26(35)23-12-18-33(19-13-23)28(36)25-21-30-34(24-10-3-2-4-11-24)27(25)32-16-7-8-17-32/h2-4,7-8,10-11,16-17,21-23H,5-6,9,12-15,18-20H2,1H3,(H,29,35). The predicted molar refractivity (Wildman–Crippen MR) is 139 cm³/mol. The minimum Gasteiger partial charge on any atom is -0.355 e. The van der Waals surface area contributed by atoms with E-state index in [1.54, 1.807) is 10.9 Å². The van der Waals surface area contributed by atoms with Crippen LogP contribution in [0.15, 0.2) is 61.1 Å². The lowest BCUT2D eigenvalue weighted by Gasteiger charge is -2.34. The van der Waals surface area contributed by atoms with Crippen molar-refractivity contribution in [3.8, 4) is 11.5 Å². The number of nitrogens with zero attached hydrogens (tertiary/aromatic N) is 5. The van der Waals surface area contributed by atoms with Crippen LogP contribution >= 0.6 is 0 Å². The minimum absolute atomic E-state index is 0.0382. The van der Waals surface area contributed by atoms with Crippen LogP contribution in [0.3, 0.4) is 0 Å². The van der Waals surface area contributed by atoms with Crippen LogP contribution in [0.4, 0.5) is 0 Å². The number of rotatable bonds is 7. The highest BCUT2D eigenvalue weighted by atomic mass is 16.2. The number of hydrogen-bond donors (Lipinski definition) is 1. The highest BCUT2D eigenvalue weighted by Crippen LogP contribution is 2.24. The fourth-order valence-corrected chi connectivity index (χ4v) is 5.45. The van der Waals surface area contributed by atoms with E-state index < -0.39 is 0 Å². The molecule has 0 spiro atoms. The molecule has 2 amide bonds. The van der Waals surface area contributed by atoms with E-state index in [0.29, 0.717) is 44.1 Å². The van der Waals surface area contributed by atoms with Crippen molar-refractivity contribution in [3.63, 3.8) is 0 Å². The average Bonchev–Trinajstić information content (AvgIpc) is 3.60. The number of aromatic nitrogens is 3. The van der Waals surface area contributed by atoms with E-state index >= 15 is 0 Å². The number of benzene rings is 1. The van der Waals surface area contributed by atoms with E-state index in [1.807, 2.05) is 64.3 Å². The maximum atomic E-state index is 13.6. The van der Waals surface area contributed by atoms with Crippen LogP contribution in [0, 0.1) is 5.92 Å². The lowest BCUT2D eigenvalue weighted by atomic mass is 9.95. The first kappa shape index (κ1) is 24.3. The second-order valence-corrected chi connectivity index (χ2v) is 9.96. The Kier molecular flexibility index (Phi) is 7.51. The zero-order valence-electron chi connectivity index (χ0n) is 21.1. The normalized spacial score (nSPS) is 19.4. The van der Waals surface area contributed by atoms with Crippen molar-refractivity contribution in [2.45, 2.75) is 45.1 Å². The van der Waals surface area contributed by atoms with Crippen molar-refractivity contribution >= 4 is 11.8 Å². The van der Waals surface area contributed by atoms with Crippen molar-refractivity contribution in [1.29, 1.82) is 0 Å². The first-order valence-corrected chi connectivity index (χ1v) is 13.2. The molecule has 0 bridgehead atoms. The van der Waals surface area contributed by atoms with Crippen LogP contribution in [0.25, 0.3) is 11.5 Å². The quantitative estimate of drug-likeness (QED) is 0.552. The summed E-state index contributed by atoms with van der Waals surface area (Å²) in [5.41, 5.74) is 1.46. The van der Waals surface area contributed by atoms with Crippen LogP contribution in [-0.4, -0.2) is 74.7 Å². The third-order valence-corrected chi connectivity index (χ3v) is 7.62. The second-order valence-electron chi connectivity index (χ2n) is 9.96. The van der Waals surface area contributed by atoms with Gasteiger partial charge in [-0.25, -0.2) is 4.68 Å². The van der Waals surface area contributed by atoms with E-state index in [1.165, 1.54) is 19.3 Å². The molecule has 1 aromatic carbocycles. The molecule has 2 fully saturated rings. The summed E-state index contributed by atoms with van der Waals surface area (Å²) in [5, 5.41) is 7.70. The lowest BCUT2D eigenvalue weighted by molar-refractivity contribution is -0.126. The summed E-state index contributed by atoms with van der Waals surface area (Å²) in [7, 11) is 0. The summed E-state index contributed by atoms with van der Waals surface area (Å²) in [6.07, 6.45) is 10.7. The van der Waals surface area contributed by atoms with Gasteiger partial charge < -0.3 is 14.8 Å². The lowest BCUT2D eigenvalue weighted by Crippen LogP contribution is -2.46. The minimum atomic E-state index is -0.0428. The van der Waals surface area contributed by atoms with Crippen molar-refractivity contribution in [2.75, 3.05) is 32.7 Å². The molecule has 1 N–H and O–H groups in total. The zero-order valence-corrected chi connectivity index (χ0v) is 21.1. The molecule has 1 atom stereocenters. The maximum Gasteiger partial charge on any atom is 0.259 e. The van der Waals surface area contributed by atoms with Gasteiger partial charge in [0.25, 0.3) is 5.91 Å². The summed E-state index contributed by atoms with van der Waals surface area (Å²) in [6.45, 7) is 6.16. The number of nitrogens with one attached hydrogen (secondary N) is 1. The molecule has 0 aliphatic carbocycles. The molecule has 8 nitrogen and oxygen atoms in total. The van der Waals surface area contributed by atoms with Crippen LogP contribution in [0.2, 0.25) is 0 Å². The van der Waals surface area contributed by atoms with Crippen LogP contribution in [-0.2, 0) is 4.79 Å². The van der Waals surface area contributed by atoms with Gasteiger partial charge in [0.2, 0.25) is 5.91 Å². The van der Waals surface area contributed by atoms with E-state index in [4.69, 9.17) is 0 Å². The number of amides is 2. The van der Waals surface area contributed by atoms with Gasteiger partial charge in [-0.3, -0.25) is 14.5 Å². The summed E-state index contributed by atoms with van der Waals surface area (Å²) in [6, 6.07) is 14.3. The molecule has 36 heavy (non-hydrogen) atoms. The van der Waals surface area contributed by atoms with E-state index in [0.717, 1.165) is 24.6 Å². The van der Waals surface area contributed by atoms with E-state index in [9.17, 15) is 9.59 Å². The molecule has 2 aromatic heterocycles. The van der Waals surface area contributed by atoms with E-state index in [-0.39, 0.29) is 17.7 Å². The van der Waals surface area contributed by atoms with Gasteiger partial charge in [0.1, 0.15) is 5.56 Å². The van der Waals surface area contributed by atoms with Crippen molar-refractivity contribution in [1.82, 2.24) is 29.5 Å². The van der Waals surface area contributed by atoms with Gasteiger partial charge in [-0.2, -0.15) is 5.10 Å². The summed E-state index contributed by atoms with van der Waals surface area (Å²) in [4.78, 5) is 30.7. The first-order valence-electron chi connectivity index (χ1n) is 13.2. The second kappa shape index (κ2) is 11.1. The smallest absolute Gasteiger partial charge is 0.259 e. The van der Waals surface area contributed by atoms with Crippen LogP contribution in [0.5, 0.6) is 0 Å². The van der Waals surface area contributed by atoms with Crippen molar-refractivity contribution in [3.05, 3.63) is 66.6 Å². The highest BCUT2D eigenvalue weighted by Gasteiger charge is 2.30. The predicted octanol–water partition coefficient (Wildman–Crippen LogP) is 3.51. The van der Waals surface area contributed by atoms with E-state index in [2.05, 4.69) is 22.2 Å². The molecular formula is C28H36N6O2. The molecule has 0 radical (unpaired) electrons. The molecule has 4 heterocycles. The van der Waals surface area contributed by atoms with Gasteiger partial charge in [-0.15, -0.1) is 0 Å². The Morgan fingerprint density at radius 1 is 0.972 bits per heavy atom. The number of carbonyl (C=O) groups is 2. The maximum absolute atomic E-state index is 13.6. The van der Waals surface area contributed by atoms with Gasteiger partial charge in [0.15, 0.2) is 5.82 Å². The van der Waals surface area contributed by atoms with Crippen LogP contribution in [0.1, 0.15) is 49.4 Å². The Bertz CT molecular complexity index is 1150. The third kappa shape index (κ3) is 5.23. The Hall–Kier alpha value is -3.39. The molecule has 2 aliphatic rings. The molecule has 190 valence electrons. The molecule has 2 saturated heterocycles. The number of likely N-dealkylation sites (tertiary alicyclic amines) is 2. The number of piperidine rings is 2. The molecule has 3 aromatic rings.